The van der Waals surface area contributed by atoms with Gasteiger partial charge in [-0.3, -0.25) is 0 Å². The molecule has 11 heteroatoms. The second-order valence-electron chi connectivity index (χ2n) is 0.456. The maximum atomic E-state index is 8.24. The minimum absolute atomic E-state index is 0. The van der Waals surface area contributed by atoms with Crippen molar-refractivity contribution in [3.05, 3.63) is 0 Å². The van der Waals surface area contributed by atoms with E-state index >= 15 is 0 Å². The minimum Gasteiger partial charge on any atom is -0.665 e. The Balaban J connectivity index is -0.0000000192. The van der Waals surface area contributed by atoms with Gasteiger partial charge in [0.1, 0.15) is 0 Å². The molecule has 0 aromatic carbocycles. The SMILES string of the molecule is O=[C-]O.O=[C-]O.O=[C-]O.O=[C-]O.O=[C-]O.[V+5]. The summed E-state index contributed by atoms with van der Waals surface area (Å²) in [7, 11) is 0. The Morgan fingerprint density at radius 3 is 0.438 bits per heavy atom. The molecule has 16 heavy (non-hydrogen) atoms. The van der Waals surface area contributed by atoms with Crippen LogP contribution in [0.1, 0.15) is 0 Å². The van der Waals surface area contributed by atoms with Gasteiger partial charge in [-0.1, -0.05) is 32.4 Å². The third kappa shape index (κ3) is 334. The van der Waals surface area contributed by atoms with Crippen LogP contribution in [0.3, 0.4) is 0 Å². The summed E-state index contributed by atoms with van der Waals surface area (Å²) in [6, 6.07) is 0. The van der Waals surface area contributed by atoms with Gasteiger partial charge in [0.2, 0.25) is 0 Å². The molecule has 0 aliphatic heterocycles. The van der Waals surface area contributed by atoms with Crippen LogP contribution in [-0.4, -0.2) is 57.9 Å². The Kier molecular flexibility index (Phi) is 495. The summed E-state index contributed by atoms with van der Waals surface area (Å²) < 4.78 is 0. The number of hydrogen-bond acceptors (Lipinski definition) is 5. The quantitative estimate of drug-likeness (QED) is 0.311. The van der Waals surface area contributed by atoms with E-state index in [2.05, 4.69) is 0 Å². The molecule has 0 bridgehead atoms. The average molecular weight is 276 g/mol. The van der Waals surface area contributed by atoms with Crippen LogP contribution >= 0.6 is 0 Å². The van der Waals surface area contributed by atoms with Crippen LogP contribution in [0, 0.1) is 0 Å². The zero-order valence-electron chi connectivity index (χ0n) is 7.22. The van der Waals surface area contributed by atoms with Crippen molar-refractivity contribution in [2.45, 2.75) is 0 Å². The van der Waals surface area contributed by atoms with Crippen molar-refractivity contribution in [3.63, 3.8) is 0 Å². The summed E-state index contributed by atoms with van der Waals surface area (Å²) in [5.74, 6) is 0. The van der Waals surface area contributed by atoms with Crippen molar-refractivity contribution >= 4 is 32.4 Å². The predicted molar refractivity (Wildman–Crippen MR) is 41.6 cm³/mol. The minimum atomic E-state index is 0. The molecule has 90 valence electrons. The molecule has 0 heterocycles. The first kappa shape index (κ1) is 37.0. The van der Waals surface area contributed by atoms with Crippen molar-refractivity contribution in [2.24, 2.45) is 0 Å². The fourth-order valence-corrected chi connectivity index (χ4v) is 0. The van der Waals surface area contributed by atoms with Gasteiger partial charge in [0, 0.05) is 0 Å². The summed E-state index contributed by atoms with van der Waals surface area (Å²) in [6.07, 6.45) is 0. The molecule has 0 amide bonds. The van der Waals surface area contributed by atoms with E-state index in [0.717, 1.165) is 0 Å². The molecule has 0 aliphatic rings. The Labute approximate surface area is 101 Å². The van der Waals surface area contributed by atoms with Crippen molar-refractivity contribution < 1.29 is 68.1 Å². The maximum Gasteiger partial charge on any atom is 5.00 e. The molecule has 0 rings (SSSR count). The van der Waals surface area contributed by atoms with E-state index in [4.69, 9.17) is 49.5 Å². The summed E-state index contributed by atoms with van der Waals surface area (Å²) in [6.45, 7) is 2.50. The largest absolute Gasteiger partial charge is 5.00 e. The van der Waals surface area contributed by atoms with Crippen molar-refractivity contribution in [2.75, 3.05) is 0 Å². The third-order valence-electron chi connectivity index (χ3n) is 0. The molecule has 0 aromatic heterocycles. The summed E-state index contributed by atoms with van der Waals surface area (Å²) in [5.41, 5.74) is 0. The van der Waals surface area contributed by atoms with Gasteiger partial charge in [0.25, 0.3) is 0 Å². The average Bonchev–Trinajstić information content (AvgIpc) is 2.09. The first-order valence-electron chi connectivity index (χ1n) is 2.14. The van der Waals surface area contributed by atoms with Gasteiger partial charge in [-0.05, 0) is 0 Å². The van der Waals surface area contributed by atoms with Gasteiger partial charge < -0.3 is 49.5 Å². The standard InChI is InChI=1S/5CHO2.V/c5*2-1-3;/h5*(H,2,3);/q5*-1;+5. The van der Waals surface area contributed by atoms with Crippen molar-refractivity contribution in [1.82, 2.24) is 0 Å². The van der Waals surface area contributed by atoms with Crippen LogP contribution in [0.15, 0.2) is 0 Å². The Bertz CT molecular complexity index is 91.5. The van der Waals surface area contributed by atoms with Crippen molar-refractivity contribution in [1.29, 1.82) is 0 Å². The van der Waals surface area contributed by atoms with Gasteiger partial charge in [-0.15, -0.1) is 0 Å². The zero-order valence-corrected chi connectivity index (χ0v) is 8.62. The van der Waals surface area contributed by atoms with E-state index in [1.54, 1.807) is 0 Å². The van der Waals surface area contributed by atoms with Gasteiger partial charge in [-0.25, -0.2) is 0 Å². The molecule has 0 fully saturated rings. The Hall–Kier alpha value is -2.07. The molecule has 0 radical (unpaired) electrons. The smallest absolute Gasteiger partial charge is 0.665 e. The molecule has 0 saturated carbocycles. The first-order chi connectivity index (χ1) is 7.07. The molecule has 0 aliphatic carbocycles. The van der Waals surface area contributed by atoms with Crippen LogP contribution < -0.4 is 0 Å². The van der Waals surface area contributed by atoms with E-state index in [-0.39, 0.29) is 18.6 Å². The van der Waals surface area contributed by atoms with Gasteiger partial charge in [-0.2, -0.15) is 0 Å². The molecule has 0 atom stereocenters. The third-order valence-corrected chi connectivity index (χ3v) is 0. The second-order valence-corrected chi connectivity index (χ2v) is 0.456. The zero-order chi connectivity index (χ0) is 13.5. The monoisotopic (exact) mass is 276 g/mol. The first-order valence-corrected chi connectivity index (χ1v) is 2.14. The number of rotatable bonds is 0. The van der Waals surface area contributed by atoms with E-state index in [1.165, 1.54) is 0 Å². The van der Waals surface area contributed by atoms with Crippen LogP contribution in [0.2, 0.25) is 0 Å². The Morgan fingerprint density at radius 1 is 0.438 bits per heavy atom. The number of aliphatic hydroxyl groups excluding tert-OH is 5. The fraction of sp³-hybridized carbons (Fsp3) is 0. The molecule has 0 unspecified atom stereocenters. The van der Waals surface area contributed by atoms with Crippen LogP contribution in [0.5, 0.6) is 0 Å². The maximum absolute atomic E-state index is 8.24. The van der Waals surface area contributed by atoms with Gasteiger partial charge in [0.15, 0.2) is 0 Å². The topological polar surface area (TPSA) is 186 Å². The van der Waals surface area contributed by atoms with E-state index < -0.39 is 0 Å². The normalized spacial score (nSPS) is 3.75. The summed E-state index contributed by atoms with van der Waals surface area (Å²) in [4.78, 5) is 41.2. The van der Waals surface area contributed by atoms with Crippen LogP contribution in [-0.2, 0) is 42.5 Å². The van der Waals surface area contributed by atoms with Gasteiger partial charge in [0.05, 0.1) is 0 Å². The number of hydrogen-bond donors (Lipinski definition) is 5. The predicted octanol–water partition coefficient (Wildman–Crippen LogP) is -1.94. The molecule has 0 saturated heterocycles. The van der Waals surface area contributed by atoms with E-state index in [9.17, 15) is 0 Å². The molecular weight excluding hydrogens is 271 g/mol. The second kappa shape index (κ2) is 214. The van der Waals surface area contributed by atoms with Crippen LogP contribution in [0.4, 0.5) is 0 Å². The molecular formula is C5H5O10V. The van der Waals surface area contributed by atoms with E-state index in [1.807, 2.05) is 0 Å². The summed E-state index contributed by atoms with van der Waals surface area (Å²) >= 11 is 0. The van der Waals surface area contributed by atoms with Crippen LogP contribution in [0.25, 0.3) is 0 Å². The molecule has 0 aromatic rings. The van der Waals surface area contributed by atoms with Crippen molar-refractivity contribution in [3.8, 4) is 0 Å². The summed E-state index contributed by atoms with van der Waals surface area (Å²) in [5, 5.41) is 33.8. The fourth-order valence-electron chi connectivity index (χ4n) is 0. The molecule has 10 nitrogen and oxygen atoms in total. The van der Waals surface area contributed by atoms with Gasteiger partial charge >= 0.3 is 18.6 Å². The van der Waals surface area contributed by atoms with E-state index in [0.29, 0.717) is 32.4 Å². The molecule has 5 N–H and O–H groups in total. The Morgan fingerprint density at radius 2 is 0.438 bits per heavy atom. The molecule has 0 spiro atoms.